The summed E-state index contributed by atoms with van der Waals surface area (Å²) in [6.07, 6.45) is 3.30. The number of benzene rings is 2. The second kappa shape index (κ2) is 8.18. The van der Waals surface area contributed by atoms with Crippen molar-refractivity contribution in [3.05, 3.63) is 66.0 Å². The average molecular weight is 409 g/mol. The third kappa shape index (κ3) is 4.01. The molecule has 6 nitrogen and oxygen atoms in total. The van der Waals surface area contributed by atoms with E-state index in [1.807, 2.05) is 27.0 Å². The van der Waals surface area contributed by atoms with Crippen LogP contribution in [0.2, 0.25) is 0 Å². The number of hydrogen-bond donors (Lipinski definition) is 0. The first kappa shape index (κ1) is 19.9. The van der Waals surface area contributed by atoms with Gasteiger partial charge in [-0.05, 0) is 49.2 Å². The van der Waals surface area contributed by atoms with Crippen LogP contribution in [0.1, 0.15) is 29.9 Å². The minimum atomic E-state index is -0.331. The van der Waals surface area contributed by atoms with Gasteiger partial charge in [-0.1, -0.05) is 12.1 Å². The lowest BCUT2D eigenvalue weighted by Gasteiger charge is -2.26. The van der Waals surface area contributed by atoms with E-state index in [4.69, 9.17) is 9.47 Å². The summed E-state index contributed by atoms with van der Waals surface area (Å²) in [4.78, 5) is 18.8. The second-order valence-corrected chi connectivity index (χ2v) is 7.62. The van der Waals surface area contributed by atoms with Crippen LogP contribution in [0.25, 0.3) is 11.1 Å². The number of carbonyl (C=O) groups excluding carboxylic acids is 1. The van der Waals surface area contributed by atoms with Crippen LogP contribution in [0.15, 0.2) is 48.9 Å². The van der Waals surface area contributed by atoms with Gasteiger partial charge in [0, 0.05) is 31.4 Å². The molecule has 1 amide bonds. The third-order valence-electron chi connectivity index (χ3n) is 5.05. The van der Waals surface area contributed by atoms with E-state index in [-0.39, 0.29) is 17.8 Å². The summed E-state index contributed by atoms with van der Waals surface area (Å²) in [5.41, 5.74) is 2.38. The third-order valence-corrected chi connectivity index (χ3v) is 5.05. The van der Waals surface area contributed by atoms with Crippen molar-refractivity contribution in [2.24, 2.45) is 7.05 Å². The fourth-order valence-electron chi connectivity index (χ4n) is 3.46. The Labute approximate surface area is 174 Å². The summed E-state index contributed by atoms with van der Waals surface area (Å²) in [6.45, 7) is 5.23. The van der Waals surface area contributed by atoms with Gasteiger partial charge in [0.25, 0.3) is 5.91 Å². The summed E-state index contributed by atoms with van der Waals surface area (Å²) in [6, 6.07) is 10.3. The Kier molecular flexibility index (Phi) is 5.44. The largest absolute Gasteiger partial charge is 0.486 e. The molecule has 0 aliphatic carbocycles. The fourth-order valence-corrected chi connectivity index (χ4v) is 3.46. The topological polar surface area (TPSA) is 56.6 Å². The maximum absolute atomic E-state index is 14.6. The first-order valence-corrected chi connectivity index (χ1v) is 9.90. The van der Waals surface area contributed by atoms with Crippen LogP contribution >= 0.6 is 0 Å². The Morgan fingerprint density at radius 3 is 2.63 bits per heavy atom. The molecule has 2 aromatic carbocycles. The molecule has 0 radical (unpaired) electrons. The highest BCUT2D eigenvalue weighted by Gasteiger charge is 2.22. The highest BCUT2D eigenvalue weighted by atomic mass is 19.1. The minimum absolute atomic E-state index is 0.0395. The summed E-state index contributed by atoms with van der Waals surface area (Å²) >= 11 is 0. The summed E-state index contributed by atoms with van der Waals surface area (Å²) in [5.74, 6) is 0.782. The summed E-state index contributed by atoms with van der Waals surface area (Å²) < 4.78 is 27.6. The molecule has 0 saturated carbocycles. The van der Waals surface area contributed by atoms with Crippen molar-refractivity contribution in [2.45, 2.75) is 26.4 Å². The number of fused-ring (bicyclic) bond motifs is 1. The molecule has 0 fully saturated rings. The van der Waals surface area contributed by atoms with Crippen LogP contribution in [0.3, 0.4) is 0 Å². The molecule has 4 rings (SSSR count). The van der Waals surface area contributed by atoms with Gasteiger partial charge in [-0.25, -0.2) is 9.37 Å². The molecule has 1 aliphatic heterocycles. The number of halogens is 1. The van der Waals surface area contributed by atoms with Gasteiger partial charge in [-0.3, -0.25) is 4.79 Å². The van der Waals surface area contributed by atoms with E-state index in [2.05, 4.69) is 4.98 Å². The molecule has 30 heavy (non-hydrogen) atoms. The van der Waals surface area contributed by atoms with E-state index < -0.39 is 0 Å². The van der Waals surface area contributed by atoms with E-state index in [9.17, 15) is 9.18 Å². The van der Waals surface area contributed by atoms with Crippen molar-refractivity contribution < 1.29 is 18.7 Å². The standard InChI is InChI=1S/C23H24FN3O3/c1-15(2)27(23(28)20-13-26(3)14-25-20)12-16-4-6-19(24)18(10-16)17-5-7-21-22(11-17)30-9-8-29-21/h4-7,10-11,13-15H,8-9,12H2,1-3H3. The number of hydrogen-bond acceptors (Lipinski definition) is 4. The first-order valence-electron chi connectivity index (χ1n) is 9.90. The monoisotopic (exact) mass is 409 g/mol. The van der Waals surface area contributed by atoms with Gasteiger partial charge in [-0.2, -0.15) is 0 Å². The van der Waals surface area contributed by atoms with Crippen molar-refractivity contribution in [2.75, 3.05) is 13.2 Å². The molecular formula is C23H24FN3O3. The van der Waals surface area contributed by atoms with Crippen molar-refractivity contribution in [3.8, 4) is 22.6 Å². The van der Waals surface area contributed by atoms with Crippen molar-refractivity contribution in [1.29, 1.82) is 0 Å². The van der Waals surface area contributed by atoms with Crippen LogP contribution in [-0.2, 0) is 13.6 Å². The normalized spacial score (nSPS) is 12.8. The van der Waals surface area contributed by atoms with E-state index in [1.54, 1.807) is 46.3 Å². The number of nitrogens with zero attached hydrogens (tertiary/aromatic N) is 3. The smallest absolute Gasteiger partial charge is 0.274 e. The Bertz CT molecular complexity index is 1080. The molecule has 0 bridgehead atoms. The van der Waals surface area contributed by atoms with Crippen molar-refractivity contribution in [3.63, 3.8) is 0 Å². The zero-order valence-electron chi connectivity index (χ0n) is 17.3. The molecule has 1 aromatic heterocycles. The first-order chi connectivity index (χ1) is 14.4. The summed E-state index contributed by atoms with van der Waals surface area (Å²) in [5, 5.41) is 0. The minimum Gasteiger partial charge on any atom is -0.486 e. The maximum Gasteiger partial charge on any atom is 0.274 e. The number of imidazole rings is 1. The fraction of sp³-hybridized carbons (Fsp3) is 0.304. The predicted molar refractivity (Wildman–Crippen MR) is 111 cm³/mol. The number of rotatable bonds is 5. The van der Waals surface area contributed by atoms with Crippen molar-refractivity contribution >= 4 is 5.91 Å². The van der Waals surface area contributed by atoms with E-state index in [0.717, 1.165) is 5.56 Å². The molecule has 7 heteroatoms. The molecule has 0 N–H and O–H groups in total. The number of carbonyl (C=O) groups is 1. The van der Waals surface area contributed by atoms with E-state index in [0.29, 0.717) is 48.1 Å². The molecular weight excluding hydrogens is 385 g/mol. The quantitative estimate of drug-likeness (QED) is 0.638. The maximum atomic E-state index is 14.6. The lowest BCUT2D eigenvalue weighted by molar-refractivity contribution is 0.0684. The van der Waals surface area contributed by atoms with Crippen LogP contribution in [-0.4, -0.2) is 39.6 Å². The van der Waals surface area contributed by atoms with Crippen LogP contribution in [0.4, 0.5) is 4.39 Å². The van der Waals surface area contributed by atoms with Gasteiger partial charge >= 0.3 is 0 Å². The highest BCUT2D eigenvalue weighted by Crippen LogP contribution is 2.35. The zero-order chi connectivity index (χ0) is 21.3. The van der Waals surface area contributed by atoms with Gasteiger partial charge in [-0.15, -0.1) is 0 Å². The molecule has 1 aliphatic rings. The second-order valence-electron chi connectivity index (χ2n) is 7.62. The van der Waals surface area contributed by atoms with Gasteiger partial charge < -0.3 is 18.9 Å². The molecule has 3 aromatic rings. The lowest BCUT2D eigenvalue weighted by atomic mass is 10.0. The molecule has 0 saturated heterocycles. The van der Waals surface area contributed by atoms with Gasteiger partial charge in [0.15, 0.2) is 11.5 Å². The van der Waals surface area contributed by atoms with Gasteiger partial charge in [0.1, 0.15) is 24.7 Å². The molecule has 2 heterocycles. The summed E-state index contributed by atoms with van der Waals surface area (Å²) in [7, 11) is 1.82. The lowest BCUT2D eigenvalue weighted by Crippen LogP contribution is -2.36. The Morgan fingerprint density at radius 2 is 1.93 bits per heavy atom. The van der Waals surface area contributed by atoms with Crippen molar-refractivity contribution in [1.82, 2.24) is 14.5 Å². The Hall–Kier alpha value is -3.35. The number of ether oxygens (including phenoxy) is 2. The SMILES string of the molecule is CC(C)N(Cc1ccc(F)c(-c2ccc3c(c2)OCCO3)c1)C(=O)c1cn(C)cn1. The van der Waals surface area contributed by atoms with Crippen LogP contribution in [0, 0.1) is 5.82 Å². The van der Waals surface area contributed by atoms with Crippen LogP contribution < -0.4 is 9.47 Å². The Morgan fingerprint density at radius 1 is 1.17 bits per heavy atom. The van der Waals surface area contributed by atoms with Gasteiger partial charge in [0.2, 0.25) is 0 Å². The van der Waals surface area contributed by atoms with E-state index >= 15 is 0 Å². The molecule has 0 atom stereocenters. The van der Waals surface area contributed by atoms with Crippen LogP contribution in [0.5, 0.6) is 11.5 Å². The van der Waals surface area contributed by atoms with E-state index in [1.165, 1.54) is 6.07 Å². The number of aromatic nitrogens is 2. The molecule has 0 unspecified atom stereocenters. The number of aryl methyl sites for hydroxylation is 1. The molecule has 0 spiro atoms. The average Bonchev–Trinajstić information content (AvgIpc) is 3.18. The Balaban J connectivity index is 1.63. The zero-order valence-corrected chi connectivity index (χ0v) is 17.3. The predicted octanol–water partition coefficient (Wildman–Crippen LogP) is 4.05. The number of amides is 1. The van der Waals surface area contributed by atoms with Gasteiger partial charge in [0.05, 0.1) is 6.33 Å². The molecule has 156 valence electrons. The highest BCUT2D eigenvalue weighted by molar-refractivity contribution is 5.92.